The molecule has 0 spiro atoms. The van der Waals surface area contributed by atoms with Crippen LogP contribution in [0.15, 0.2) is 12.1 Å². The largest absolute Gasteiger partial charge is 0.453 e. The first kappa shape index (κ1) is 18.0. The minimum Gasteiger partial charge on any atom is -0.355 e. The van der Waals surface area contributed by atoms with E-state index >= 15 is 0 Å². The zero-order valence-corrected chi connectivity index (χ0v) is 14.9. The van der Waals surface area contributed by atoms with Gasteiger partial charge in [0.05, 0.1) is 0 Å². The number of carbonyl (C=O) groups is 1. The Bertz CT molecular complexity index is 839. The maximum absolute atomic E-state index is 13.0. The van der Waals surface area contributed by atoms with Crippen molar-refractivity contribution in [2.75, 3.05) is 18.0 Å². The number of nitrogens with one attached hydrogen (secondary N) is 1. The molecule has 7 nitrogen and oxygen atoms in total. The Morgan fingerprint density at radius 3 is 2.52 bits per heavy atom. The van der Waals surface area contributed by atoms with E-state index in [1.807, 2.05) is 11.8 Å². The highest BCUT2D eigenvalue weighted by Gasteiger charge is 2.38. The summed E-state index contributed by atoms with van der Waals surface area (Å²) in [6.07, 6.45) is -0.961. The quantitative estimate of drug-likeness (QED) is 0.878. The van der Waals surface area contributed by atoms with Gasteiger partial charge in [-0.3, -0.25) is 4.79 Å². The van der Waals surface area contributed by atoms with Gasteiger partial charge < -0.3 is 10.2 Å². The van der Waals surface area contributed by atoms with Gasteiger partial charge in [0.1, 0.15) is 5.82 Å². The minimum atomic E-state index is -4.62. The summed E-state index contributed by atoms with van der Waals surface area (Å²) in [5, 5.41) is 13.9. The second-order valence-corrected chi connectivity index (χ2v) is 7.38. The number of hydrogen-bond donors (Lipinski definition) is 1. The summed E-state index contributed by atoms with van der Waals surface area (Å²) in [5.74, 6) is -0.0836. The van der Waals surface area contributed by atoms with E-state index in [1.165, 1.54) is 18.9 Å². The molecule has 0 radical (unpaired) electrons. The van der Waals surface area contributed by atoms with Gasteiger partial charge in [-0.05, 0) is 50.7 Å². The van der Waals surface area contributed by atoms with Crippen LogP contribution in [0.25, 0.3) is 5.65 Å². The summed E-state index contributed by atoms with van der Waals surface area (Å²) >= 11 is 0. The molecule has 1 unspecified atom stereocenters. The second kappa shape index (κ2) is 6.65. The number of fused-ring (bicyclic) bond motifs is 1. The summed E-state index contributed by atoms with van der Waals surface area (Å²) in [7, 11) is 0. The molecule has 1 amide bonds. The van der Waals surface area contributed by atoms with Gasteiger partial charge in [0, 0.05) is 25.0 Å². The van der Waals surface area contributed by atoms with Crippen LogP contribution in [0.3, 0.4) is 0 Å². The van der Waals surface area contributed by atoms with E-state index in [4.69, 9.17) is 0 Å². The Morgan fingerprint density at radius 2 is 1.89 bits per heavy atom. The first-order chi connectivity index (χ1) is 12.8. The molecular formula is C17H21F3N6O. The van der Waals surface area contributed by atoms with Crippen molar-refractivity contribution < 1.29 is 18.0 Å². The molecule has 2 fully saturated rings. The van der Waals surface area contributed by atoms with Crippen LogP contribution in [0.4, 0.5) is 19.0 Å². The van der Waals surface area contributed by atoms with Crippen molar-refractivity contribution in [2.45, 2.75) is 44.8 Å². The summed E-state index contributed by atoms with van der Waals surface area (Å²) in [6, 6.07) is 3.33. The molecule has 0 bridgehead atoms. The molecule has 1 saturated carbocycles. The molecule has 4 rings (SSSR count). The van der Waals surface area contributed by atoms with E-state index in [-0.39, 0.29) is 23.5 Å². The van der Waals surface area contributed by atoms with Gasteiger partial charge in [-0.15, -0.1) is 15.3 Å². The Balaban J connectivity index is 1.42. The van der Waals surface area contributed by atoms with E-state index in [1.54, 1.807) is 6.07 Å². The predicted molar refractivity (Wildman–Crippen MR) is 91.0 cm³/mol. The molecular weight excluding hydrogens is 361 g/mol. The Labute approximate surface area is 153 Å². The Hall–Kier alpha value is -2.39. The van der Waals surface area contributed by atoms with Crippen molar-refractivity contribution in [1.29, 1.82) is 0 Å². The topological polar surface area (TPSA) is 75.4 Å². The highest BCUT2D eigenvalue weighted by atomic mass is 19.4. The third-order valence-electron chi connectivity index (χ3n) is 5.39. The van der Waals surface area contributed by atoms with Crippen LogP contribution in [0.1, 0.15) is 38.4 Å². The van der Waals surface area contributed by atoms with Crippen LogP contribution >= 0.6 is 0 Å². The first-order valence-electron chi connectivity index (χ1n) is 9.18. The average Bonchev–Trinajstić information content (AvgIpc) is 3.39. The molecule has 1 aliphatic heterocycles. The summed E-state index contributed by atoms with van der Waals surface area (Å²) in [5.41, 5.74) is 0.0504. The van der Waals surface area contributed by atoms with Crippen LogP contribution in [-0.4, -0.2) is 44.8 Å². The van der Waals surface area contributed by atoms with Crippen molar-refractivity contribution in [1.82, 2.24) is 25.1 Å². The fourth-order valence-electron chi connectivity index (χ4n) is 3.55. The van der Waals surface area contributed by atoms with Gasteiger partial charge in [-0.1, -0.05) is 0 Å². The van der Waals surface area contributed by atoms with Crippen molar-refractivity contribution >= 4 is 17.4 Å². The normalized spacial score (nSPS) is 20.1. The van der Waals surface area contributed by atoms with Gasteiger partial charge in [-0.2, -0.15) is 17.7 Å². The van der Waals surface area contributed by atoms with E-state index in [0.717, 1.165) is 4.52 Å². The second-order valence-electron chi connectivity index (χ2n) is 7.38. The van der Waals surface area contributed by atoms with E-state index in [0.29, 0.717) is 37.7 Å². The van der Waals surface area contributed by atoms with Crippen molar-refractivity contribution in [3.8, 4) is 0 Å². The standard InChI is InChI=1S/C17H21F3N6O/c1-10(11-2-3-11)21-15(27)12-6-8-25(9-7-12)14-5-4-13-22-23-16(17(18,19)20)26(13)24-14/h4-5,10-12H,2-3,6-9H2,1H3,(H,21,27). The first-order valence-corrected chi connectivity index (χ1v) is 9.18. The third-order valence-corrected chi connectivity index (χ3v) is 5.39. The Morgan fingerprint density at radius 1 is 1.19 bits per heavy atom. The molecule has 1 aliphatic carbocycles. The van der Waals surface area contributed by atoms with Crippen LogP contribution in [-0.2, 0) is 11.0 Å². The summed E-state index contributed by atoms with van der Waals surface area (Å²) < 4.78 is 39.8. The van der Waals surface area contributed by atoms with Crippen LogP contribution in [0.5, 0.6) is 0 Å². The third kappa shape index (κ3) is 3.70. The number of nitrogens with zero attached hydrogens (tertiary/aromatic N) is 5. The summed E-state index contributed by atoms with van der Waals surface area (Å²) in [4.78, 5) is 14.3. The number of aromatic nitrogens is 4. The molecule has 1 saturated heterocycles. The molecule has 2 aromatic heterocycles. The van der Waals surface area contributed by atoms with Crippen molar-refractivity contribution in [2.24, 2.45) is 11.8 Å². The molecule has 2 aliphatic rings. The number of piperidine rings is 1. The molecule has 0 aromatic carbocycles. The van der Waals surface area contributed by atoms with Gasteiger partial charge >= 0.3 is 6.18 Å². The number of rotatable bonds is 4. The van der Waals surface area contributed by atoms with Gasteiger partial charge in [0.15, 0.2) is 5.65 Å². The van der Waals surface area contributed by atoms with Crippen LogP contribution < -0.4 is 10.2 Å². The number of amides is 1. The number of hydrogen-bond acceptors (Lipinski definition) is 5. The number of carbonyl (C=O) groups excluding carboxylic acids is 1. The number of alkyl halides is 3. The van der Waals surface area contributed by atoms with Crippen LogP contribution in [0.2, 0.25) is 0 Å². The van der Waals surface area contributed by atoms with Crippen LogP contribution in [0, 0.1) is 11.8 Å². The van der Waals surface area contributed by atoms with Crippen molar-refractivity contribution in [3.05, 3.63) is 18.0 Å². The van der Waals surface area contributed by atoms with Gasteiger partial charge in [0.2, 0.25) is 5.91 Å². The lowest BCUT2D eigenvalue weighted by Crippen LogP contribution is -2.44. The van der Waals surface area contributed by atoms with Gasteiger partial charge in [-0.25, -0.2) is 0 Å². The highest BCUT2D eigenvalue weighted by molar-refractivity contribution is 5.79. The maximum atomic E-state index is 13.0. The highest BCUT2D eigenvalue weighted by Crippen LogP contribution is 2.33. The zero-order valence-electron chi connectivity index (χ0n) is 14.9. The average molecular weight is 382 g/mol. The van der Waals surface area contributed by atoms with E-state index < -0.39 is 12.0 Å². The van der Waals surface area contributed by atoms with Gasteiger partial charge in [0.25, 0.3) is 5.82 Å². The lowest BCUT2D eigenvalue weighted by molar-refractivity contribution is -0.146. The molecule has 10 heteroatoms. The van der Waals surface area contributed by atoms with Crippen molar-refractivity contribution in [3.63, 3.8) is 0 Å². The number of halogens is 3. The summed E-state index contributed by atoms with van der Waals surface area (Å²) in [6.45, 7) is 3.18. The number of anilines is 1. The minimum absolute atomic E-state index is 0.0504. The molecule has 2 aromatic rings. The monoisotopic (exact) mass is 382 g/mol. The van der Waals surface area contributed by atoms with E-state index in [9.17, 15) is 18.0 Å². The smallest absolute Gasteiger partial charge is 0.355 e. The zero-order chi connectivity index (χ0) is 19.2. The molecule has 1 N–H and O–H groups in total. The molecule has 3 heterocycles. The maximum Gasteiger partial charge on any atom is 0.453 e. The molecule has 1 atom stereocenters. The predicted octanol–water partition coefficient (Wildman–Crippen LogP) is 2.27. The molecule has 27 heavy (non-hydrogen) atoms. The fourth-order valence-corrected chi connectivity index (χ4v) is 3.55. The fraction of sp³-hybridized carbons (Fsp3) is 0.647. The lowest BCUT2D eigenvalue weighted by Gasteiger charge is -2.32. The molecule has 146 valence electrons. The Kier molecular flexibility index (Phi) is 4.43. The lowest BCUT2D eigenvalue weighted by atomic mass is 9.95. The SMILES string of the molecule is CC(NC(=O)C1CCN(c2ccc3nnc(C(F)(F)F)n3n2)CC1)C1CC1. The van der Waals surface area contributed by atoms with E-state index in [2.05, 4.69) is 20.6 Å².